The molecule has 0 aliphatic rings. The Morgan fingerprint density at radius 3 is 2.26 bits per heavy atom. The van der Waals surface area contributed by atoms with Crippen molar-refractivity contribution >= 4 is 17.5 Å². The third-order valence-corrected chi connectivity index (χ3v) is 2.87. The minimum Gasteiger partial charge on any atom is -0.394 e. The fraction of sp³-hybridized carbons (Fsp3) is 0.429. The molecule has 0 aromatic heterocycles. The number of anilines is 1. The molecular formula is C14H20N2O3. The lowest BCUT2D eigenvalue weighted by Crippen LogP contribution is -2.43. The van der Waals surface area contributed by atoms with E-state index < -0.39 is 11.8 Å². The molecule has 2 amide bonds. The Bertz CT molecular complexity index is 425. The number of rotatable bonds is 5. The number of carbonyl (C=O) groups is 2. The third-order valence-electron chi connectivity index (χ3n) is 2.87. The van der Waals surface area contributed by atoms with Gasteiger partial charge in [-0.3, -0.25) is 9.59 Å². The third kappa shape index (κ3) is 4.71. The molecule has 3 N–H and O–H groups in total. The highest BCUT2D eigenvalue weighted by Gasteiger charge is 2.17. The van der Waals surface area contributed by atoms with Crippen LogP contribution < -0.4 is 10.6 Å². The fourth-order valence-electron chi connectivity index (χ4n) is 1.54. The van der Waals surface area contributed by atoms with Crippen LogP contribution in [0, 0.1) is 0 Å². The van der Waals surface area contributed by atoms with Crippen molar-refractivity contribution in [1.29, 1.82) is 0 Å². The van der Waals surface area contributed by atoms with E-state index in [4.69, 9.17) is 5.11 Å². The molecule has 0 fully saturated rings. The highest BCUT2D eigenvalue weighted by molar-refractivity contribution is 6.39. The summed E-state index contributed by atoms with van der Waals surface area (Å²) in [6, 6.07) is 6.92. The molecule has 5 heteroatoms. The van der Waals surface area contributed by atoms with Crippen molar-refractivity contribution in [3.8, 4) is 0 Å². The average Bonchev–Trinajstić information content (AvgIpc) is 2.45. The van der Waals surface area contributed by atoms with Crippen LogP contribution in [0.5, 0.6) is 0 Å². The van der Waals surface area contributed by atoms with Gasteiger partial charge in [0.2, 0.25) is 0 Å². The second-order valence-electron chi connectivity index (χ2n) is 4.27. The number of nitrogens with one attached hydrogen (secondary N) is 2. The molecule has 19 heavy (non-hydrogen) atoms. The standard InChI is InChI=1S/C14H20N2O3/c1-3-10-5-7-12(8-6-10)16-14(19)13(18)15-11(4-2)9-17/h5-8,11,17H,3-4,9H2,1-2H3,(H,15,18)(H,16,19)/t11-/m1/s1. The molecule has 0 spiro atoms. The first-order chi connectivity index (χ1) is 9.10. The molecule has 1 aromatic rings. The lowest BCUT2D eigenvalue weighted by Gasteiger charge is -2.13. The monoisotopic (exact) mass is 264 g/mol. The maximum atomic E-state index is 11.6. The summed E-state index contributed by atoms with van der Waals surface area (Å²) in [6.45, 7) is 3.68. The van der Waals surface area contributed by atoms with Crippen LogP contribution in [0.4, 0.5) is 5.69 Å². The molecule has 0 saturated carbocycles. The highest BCUT2D eigenvalue weighted by Crippen LogP contribution is 2.09. The van der Waals surface area contributed by atoms with Crippen molar-refractivity contribution in [3.05, 3.63) is 29.8 Å². The number of hydrogen-bond acceptors (Lipinski definition) is 3. The van der Waals surface area contributed by atoms with Crippen molar-refractivity contribution in [2.45, 2.75) is 32.7 Å². The van der Waals surface area contributed by atoms with Crippen LogP contribution in [0.25, 0.3) is 0 Å². The maximum absolute atomic E-state index is 11.6. The summed E-state index contributed by atoms with van der Waals surface area (Å²) in [5, 5.41) is 13.9. The molecular weight excluding hydrogens is 244 g/mol. The summed E-state index contributed by atoms with van der Waals surface area (Å²) in [5.41, 5.74) is 1.74. The minimum atomic E-state index is -0.736. The normalized spacial score (nSPS) is 11.7. The molecule has 0 unspecified atom stereocenters. The molecule has 104 valence electrons. The van der Waals surface area contributed by atoms with Gasteiger partial charge in [-0.15, -0.1) is 0 Å². The highest BCUT2D eigenvalue weighted by atomic mass is 16.3. The smallest absolute Gasteiger partial charge is 0.313 e. The van der Waals surface area contributed by atoms with E-state index in [1.807, 2.05) is 26.0 Å². The lowest BCUT2D eigenvalue weighted by atomic mass is 10.1. The Morgan fingerprint density at radius 2 is 1.79 bits per heavy atom. The van der Waals surface area contributed by atoms with Gasteiger partial charge < -0.3 is 15.7 Å². The quantitative estimate of drug-likeness (QED) is 0.696. The fourth-order valence-corrected chi connectivity index (χ4v) is 1.54. The van der Waals surface area contributed by atoms with Crippen molar-refractivity contribution in [2.24, 2.45) is 0 Å². The zero-order chi connectivity index (χ0) is 14.3. The van der Waals surface area contributed by atoms with E-state index >= 15 is 0 Å². The Hall–Kier alpha value is -1.88. The first-order valence-corrected chi connectivity index (χ1v) is 6.42. The molecule has 0 radical (unpaired) electrons. The summed E-state index contributed by atoms with van der Waals surface area (Å²) >= 11 is 0. The van der Waals surface area contributed by atoms with E-state index in [-0.39, 0.29) is 12.6 Å². The van der Waals surface area contributed by atoms with E-state index in [1.54, 1.807) is 12.1 Å². The lowest BCUT2D eigenvalue weighted by molar-refractivity contribution is -0.136. The largest absolute Gasteiger partial charge is 0.394 e. The predicted octanol–water partition coefficient (Wildman–Crippen LogP) is 1.07. The average molecular weight is 264 g/mol. The molecule has 1 rings (SSSR count). The van der Waals surface area contributed by atoms with Crippen LogP contribution in [-0.4, -0.2) is 29.6 Å². The summed E-state index contributed by atoms with van der Waals surface area (Å²) in [7, 11) is 0. The van der Waals surface area contributed by atoms with E-state index in [0.717, 1.165) is 12.0 Å². The minimum absolute atomic E-state index is 0.180. The van der Waals surface area contributed by atoms with Crippen LogP contribution in [0.1, 0.15) is 25.8 Å². The zero-order valence-corrected chi connectivity index (χ0v) is 11.3. The zero-order valence-electron chi connectivity index (χ0n) is 11.3. The van der Waals surface area contributed by atoms with Gasteiger partial charge in [0.25, 0.3) is 0 Å². The van der Waals surface area contributed by atoms with E-state index in [9.17, 15) is 9.59 Å². The second-order valence-corrected chi connectivity index (χ2v) is 4.27. The van der Waals surface area contributed by atoms with Gasteiger partial charge in [-0.1, -0.05) is 26.0 Å². The Labute approximate surface area is 113 Å². The number of aryl methyl sites for hydroxylation is 1. The van der Waals surface area contributed by atoms with E-state index in [1.165, 1.54) is 0 Å². The predicted molar refractivity (Wildman–Crippen MR) is 73.8 cm³/mol. The van der Waals surface area contributed by atoms with Gasteiger partial charge in [-0.25, -0.2) is 0 Å². The van der Waals surface area contributed by atoms with Gasteiger partial charge in [0, 0.05) is 5.69 Å². The summed E-state index contributed by atoms with van der Waals surface area (Å²) in [6.07, 6.45) is 1.49. The van der Waals surface area contributed by atoms with Crippen molar-refractivity contribution in [2.75, 3.05) is 11.9 Å². The number of benzene rings is 1. The van der Waals surface area contributed by atoms with Gasteiger partial charge in [-0.05, 0) is 30.5 Å². The summed E-state index contributed by atoms with van der Waals surface area (Å²) in [5.74, 6) is -1.46. The van der Waals surface area contributed by atoms with E-state index in [2.05, 4.69) is 10.6 Å². The van der Waals surface area contributed by atoms with Crippen LogP contribution >= 0.6 is 0 Å². The first-order valence-electron chi connectivity index (χ1n) is 6.42. The summed E-state index contributed by atoms with van der Waals surface area (Å²) < 4.78 is 0. The van der Waals surface area contributed by atoms with Gasteiger partial charge in [-0.2, -0.15) is 0 Å². The molecule has 1 aromatic carbocycles. The Kier molecular flexibility index (Phi) is 6.02. The molecule has 5 nitrogen and oxygen atoms in total. The van der Waals surface area contributed by atoms with Gasteiger partial charge in [0.05, 0.1) is 12.6 Å². The molecule has 1 atom stereocenters. The van der Waals surface area contributed by atoms with Gasteiger partial charge in [0.1, 0.15) is 0 Å². The molecule has 0 heterocycles. The number of aliphatic hydroxyl groups excluding tert-OH is 1. The number of aliphatic hydroxyl groups is 1. The SMILES string of the molecule is CCc1ccc(NC(=O)C(=O)N[C@H](CC)CO)cc1. The molecule has 0 aliphatic carbocycles. The van der Waals surface area contributed by atoms with Crippen molar-refractivity contribution in [3.63, 3.8) is 0 Å². The topological polar surface area (TPSA) is 78.4 Å². The van der Waals surface area contributed by atoms with E-state index in [0.29, 0.717) is 12.1 Å². The first kappa shape index (κ1) is 15.2. The maximum Gasteiger partial charge on any atom is 0.313 e. The number of amides is 2. The number of hydrogen-bond donors (Lipinski definition) is 3. The Balaban J connectivity index is 2.55. The number of carbonyl (C=O) groups excluding carboxylic acids is 2. The second kappa shape index (κ2) is 7.53. The van der Waals surface area contributed by atoms with Gasteiger partial charge >= 0.3 is 11.8 Å². The molecule has 0 bridgehead atoms. The van der Waals surface area contributed by atoms with Crippen LogP contribution in [0.2, 0.25) is 0 Å². The van der Waals surface area contributed by atoms with Crippen molar-refractivity contribution in [1.82, 2.24) is 5.32 Å². The van der Waals surface area contributed by atoms with Crippen LogP contribution in [0.3, 0.4) is 0 Å². The summed E-state index contributed by atoms with van der Waals surface area (Å²) in [4.78, 5) is 23.2. The molecule has 0 saturated heterocycles. The molecule has 0 aliphatic heterocycles. The van der Waals surface area contributed by atoms with Gasteiger partial charge in [0.15, 0.2) is 0 Å². The van der Waals surface area contributed by atoms with Crippen LogP contribution in [-0.2, 0) is 16.0 Å². The van der Waals surface area contributed by atoms with Crippen molar-refractivity contribution < 1.29 is 14.7 Å². The Morgan fingerprint density at radius 1 is 1.16 bits per heavy atom. The van der Waals surface area contributed by atoms with Crippen LogP contribution in [0.15, 0.2) is 24.3 Å².